The van der Waals surface area contributed by atoms with Gasteiger partial charge in [0, 0.05) is 10.9 Å². The molecular weight excluding hydrogens is 228 g/mol. The van der Waals surface area contributed by atoms with E-state index in [1.807, 2.05) is 18.4 Å². The molecule has 0 aromatic carbocycles. The quantitative estimate of drug-likeness (QED) is 0.682. The molecule has 0 fully saturated rings. The number of nitrogens with zero attached hydrogens (tertiary/aromatic N) is 1. The minimum Gasteiger partial charge on any atom is -0.320 e. The predicted octanol–water partition coefficient (Wildman–Crippen LogP) is 3.00. The smallest absolute Gasteiger partial charge is 0.0112 e. The standard InChI is InChI=1S/C14H26N2S/c1-13(12-14-8-7-11-17-14)16(3)10-6-4-5-9-15-2/h7-8,11,13,15H,4-6,9-10,12H2,1-3H3. The van der Waals surface area contributed by atoms with Gasteiger partial charge in [-0.15, -0.1) is 11.3 Å². The molecule has 0 amide bonds. The molecule has 1 heterocycles. The highest BCUT2D eigenvalue weighted by molar-refractivity contribution is 7.09. The van der Waals surface area contributed by atoms with Gasteiger partial charge in [-0.2, -0.15) is 0 Å². The summed E-state index contributed by atoms with van der Waals surface area (Å²) in [5.41, 5.74) is 0. The Kier molecular flexibility index (Phi) is 7.49. The van der Waals surface area contributed by atoms with E-state index < -0.39 is 0 Å². The van der Waals surface area contributed by atoms with Gasteiger partial charge in [0.2, 0.25) is 0 Å². The molecular formula is C14H26N2S. The number of hydrogen-bond donors (Lipinski definition) is 1. The lowest BCUT2D eigenvalue weighted by atomic mass is 10.1. The van der Waals surface area contributed by atoms with Crippen LogP contribution >= 0.6 is 11.3 Å². The van der Waals surface area contributed by atoms with Crippen LogP contribution in [-0.4, -0.2) is 38.1 Å². The average molecular weight is 254 g/mol. The van der Waals surface area contributed by atoms with Crippen molar-refractivity contribution in [2.45, 2.75) is 38.6 Å². The van der Waals surface area contributed by atoms with Crippen LogP contribution in [0.25, 0.3) is 0 Å². The largest absolute Gasteiger partial charge is 0.320 e. The fraction of sp³-hybridized carbons (Fsp3) is 0.714. The lowest BCUT2D eigenvalue weighted by Crippen LogP contribution is -2.31. The minimum atomic E-state index is 0.651. The van der Waals surface area contributed by atoms with Crippen LogP contribution in [0, 0.1) is 0 Å². The van der Waals surface area contributed by atoms with Crippen LogP contribution in [0.3, 0.4) is 0 Å². The zero-order valence-electron chi connectivity index (χ0n) is 11.4. The third-order valence-corrected chi connectivity index (χ3v) is 4.17. The van der Waals surface area contributed by atoms with E-state index in [1.54, 1.807) is 0 Å². The van der Waals surface area contributed by atoms with Crippen LogP contribution in [0.2, 0.25) is 0 Å². The Bertz CT molecular complexity index is 272. The third-order valence-electron chi connectivity index (χ3n) is 3.27. The highest BCUT2D eigenvalue weighted by Crippen LogP contribution is 2.13. The lowest BCUT2D eigenvalue weighted by Gasteiger charge is -2.24. The van der Waals surface area contributed by atoms with Gasteiger partial charge in [0.15, 0.2) is 0 Å². The first-order chi connectivity index (χ1) is 8.24. The van der Waals surface area contributed by atoms with Crippen molar-refractivity contribution in [2.24, 2.45) is 0 Å². The van der Waals surface area contributed by atoms with Gasteiger partial charge in [-0.25, -0.2) is 0 Å². The van der Waals surface area contributed by atoms with Crippen LogP contribution in [0.5, 0.6) is 0 Å². The molecule has 1 atom stereocenters. The Labute approximate surface area is 110 Å². The van der Waals surface area contributed by atoms with Gasteiger partial charge >= 0.3 is 0 Å². The number of hydrogen-bond acceptors (Lipinski definition) is 3. The monoisotopic (exact) mass is 254 g/mol. The highest BCUT2D eigenvalue weighted by Gasteiger charge is 2.09. The molecule has 0 aliphatic heterocycles. The fourth-order valence-electron chi connectivity index (χ4n) is 1.94. The molecule has 0 saturated carbocycles. The first-order valence-electron chi connectivity index (χ1n) is 6.61. The Morgan fingerprint density at radius 2 is 2.18 bits per heavy atom. The molecule has 1 aromatic rings. The highest BCUT2D eigenvalue weighted by atomic mass is 32.1. The summed E-state index contributed by atoms with van der Waals surface area (Å²) in [6.07, 6.45) is 5.12. The van der Waals surface area contributed by atoms with Gasteiger partial charge < -0.3 is 10.2 Å². The van der Waals surface area contributed by atoms with E-state index in [9.17, 15) is 0 Å². The van der Waals surface area contributed by atoms with Gasteiger partial charge in [-0.1, -0.05) is 12.5 Å². The molecule has 0 bridgehead atoms. The van der Waals surface area contributed by atoms with E-state index in [0.717, 1.165) is 6.54 Å². The van der Waals surface area contributed by atoms with E-state index in [1.165, 1.54) is 37.1 Å². The van der Waals surface area contributed by atoms with Crippen LogP contribution in [0.4, 0.5) is 0 Å². The molecule has 0 saturated heterocycles. The molecule has 0 spiro atoms. The molecule has 1 N–H and O–H groups in total. The number of unbranched alkanes of at least 4 members (excludes halogenated alkanes) is 2. The first-order valence-corrected chi connectivity index (χ1v) is 7.49. The van der Waals surface area contributed by atoms with Crippen molar-refractivity contribution in [3.63, 3.8) is 0 Å². The second kappa shape index (κ2) is 8.67. The Morgan fingerprint density at radius 3 is 2.82 bits per heavy atom. The molecule has 1 aromatic heterocycles. The molecule has 1 rings (SSSR count). The van der Waals surface area contributed by atoms with Crippen LogP contribution in [0.1, 0.15) is 31.1 Å². The van der Waals surface area contributed by atoms with Crippen molar-refractivity contribution in [3.05, 3.63) is 22.4 Å². The number of nitrogens with one attached hydrogen (secondary N) is 1. The topological polar surface area (TPSA) is 15.3 Å². The average Bonchev–Trinajstić information content (AvgIpc) is 2.81. The van der Waals surface area contributed by atoms with Crippen LogP contribution < -0.4 is 5.32 Å². The molecule has 0 aliphatic carbocycles. The summed E-state index contributed by atoms with van der Waals surface area (Å²) in [6, 6.07) is 5.03. The molecule has 3 heteroatoms. The molecule has 17 heavy (non-hydrogen) atoms. The first kappa shape index (κ1) is 14.7. The predicted molar refractivity (Wildman–Crippen MR) is 77.9 cm³/mol. The van der Waals surface area contributed by atoms with Crippen molar-refractivity contribution >= 4 is 11.3 Å². The summed E-state index contributed by atoms with van der Waals surface area (Å²) in [5.74, 6) is 0. The third kappa shape index (κ3) is 6.20. The summed E-state index contributed by atoms with van der Waals surface area (Å²) < 4.78 is 0. The van der Waals surface area contributed by atoms with Crippen molar-refractivity contribution in [1.82, 2.24) is 10.2 Å². The van der Waals surface area contributed by atoms with Gasteiger partial charge in [0.05, 0.1) is 0 Å². The molecule has 98 valence electrons. The van der Waals surface area contributed by atoms with Gasteiger partial charge in [-0.05, 0) is 64.8 Å². The maximum absolute atomic E-state index is 3.20. The van der Waals surface area contributed by atoms with Crippen LogP contribution in [-0.2, 0) is 6.42 Å². The summed E-state index contributed by atoms with van der Waals surface area (Å²) in [4.78, 5) is 3.98. The van der Waals surface area contributed by atoms with Gasteiger partial charge in [0.25, 0.3) is 0 Å². The number of likely N-dealkylation sites (N-methyl/N-ethyl adjacent to an activating group) is 1. The number of rotatable bonds is 9. The van der Waals surface area contributed by atoms with Crippen LogP contribution in [0.15, 0.2) is 17.5 Å². The lowest BCUT2D eigenvalue weighted by molar-refractivity contribution is 0.251. The fourth-order valence-corrected chi connectivity index (χ4v) is 2.76. The summed E-state index contributed by atoms with van der Waals surface area (Å²) in [7, 11) is 4.27. The van der Waals surface area contributed by atoms with E-state index >= 15 is 0 Å². The summed E-state index contributed by atoms with van der Waals surface area (Å²) >= 11 is 1.87. The molecule has 1 unspecified atom stereocenters. The maximum Gasteiger partial charge on any atom is 0.0112 e. The van der Waals surface area contributed by atoms with Crippen molar-refractivity contribution < 1.29 is 0 Å². The maximum atomic E-state index is 3.20. The van der Waals surface area contributed by atoms with Crippen molar-refractivity contribution in [2.75, 3.05) is 27.2 Å². The molecule has 0 aliphatic rings. The van der Waals surface area contributed by atoms with E-state index in [-0.39, 0.29) is 0 Å². The zero-order chi connectivity index (χ0) is 12.5. The SMILES string of the molecule is CNCCCCCN(C)C(C)Cc1cccs1. The van der Waals surface area contributed by atoms with E-state index in [2.05, 4.69) is 41.7 Å². The molecule has 0 radical (unpaired) electrons. The molecule has 2 nitrogen and oxygen atoms in total. The minimum absolute atomic E-state index is 0.651. The normalized spacial score (nSPS) is 13.2. The van der Waals surface area contributed by atoms with Crippen molar-refractivity contribution in [1.29, 1.82) is 0 Å². The van der Waals surface area contributed by atoms with Gasteiger partial charge in [-0.3, -0.25) is 0 Å². The zero-order valence-corrected chi connectivity index (χ0v) is 12.2. The second-order valence-electron chi connectivity index (χ2n) is 4.78. The Morgan fingerprint density at radius 1 is 1.35 bits per heavy atom. The Balaban J connectivity index is 2.11. The summed E-state index contributed by atoms with van der Waals surface area (Å²) in [5, 5.41) is 5.36. The van der Waals surface area contributed by atoms with Crippen molar-refractivity contribution in [3.8, 4) is 0 Å². The van der Waals surface area contributed by atoms with E-state index in [4.69, 9.17) is 0 Å². The Hall–Kier alpha value is -0.380. The van der Waals surface area contributed by atoms with E-state index in [0.29, 0.717) is 6.04 Å². The second-order valence-corrected chi connectivity index (χ2v) is 5.81. The number of thiophene rings is 1. The van der Waals surface area contributed by atoms with Gasteiger partial charge in [0.1, 0.15) is 0 Å². The summed E-state index contributed by atoms with van der Waals surface area (Å²) in [6.45, 7) is 4.69.